The molecule has 3 N–H and O–H groups in total. The SMILES string of the molecule is CNc1ccnc2nc(CCN)oc12. The lowest BCUT2D eigenvalue weighted by Crippen LogP contribution is -2.02. The maximum absolute atomic E-state index is 5.51. The first-order valence-electron chi connectivity index (χ1n) is 4.47. The summed E-state index contributed by atoms with van der Waals surface area (Å²) in [7, 11) is 1.83. The Morgan fingerprint density at radius 3 is 3.14 bits per heavy atom. The summed E-state index contributed by atoms with van der Waals surface area (Å²) >= 11 is 0. The van der Waals surface area contributed by atoms with E-state index in [1.807, 2.05) is 13.1 Å². The molecule has 0 saturated heterocycles. The zero-order valence-electron chi connectivity index (χ0n) is 7.95. The van der Waals surface area contributed by atoms with Crippen LogP contribution in [0.3, 0.4) is 0 Å². The number of rotatable bonds is 3. The third-order valence-corrected chi connectivity index (χ3v) is 1.96. The number of oxazole rings is 1. The Labute approximate surface area is 81.3 Å². The molecule has 14 heavy (non-hydrogen) atoms. The van der Waals surface area contributed by atoms with Crippen LogP contribution in [0.5, 0.6) is 0 Å². The van der Waals surface area contributed by atoms with Gasteiger partial charge in [0.05, 0.1) is 5.69 Å². The van der Waals surface area contributed by atoms with Gasteiger partial charge >= 0.3 is 0 Å². The average Bonchev–Trinajstić information content (AvgIpc) is 2.60. The minimum atomic E-state index is 0.529. The molecule has 0 fully saturated rings. The number of fused-ring (bicyclic) bond motifs is 1. The lowest BCUT2D eigenvalue weighted by atomic mass is 10.4. The lowest BCUT2D eigenvalue weighted by molar-refractivity contribution is 0.532. The topological polar surface area (TPSA) is 77.0 Å². The number of pyridine rings is 1. The van der Waals surface area contributed by atoms with Gasteiger partial charge in [-0.25, -0.2) is 4.98 Å². The van der Waals surface area contributed by atoms with Crippen molar-refractivity contribution in [2.45, 2.75) is 6.42 Å². The molecule has 0 bridgehead atoms. The van der Waals surface area contributed by atoms with E-state index in [0.29, 0.717) is 30.1 Å². The molecule has 0 aliphatic rings. The van der Waals surface area contributed by atoms with E-state index >= 15 is 0 Å². The summed E-state index contributed by atoms with van der Waals surface area (Å²) in [4.78, 5) is 8.32. The van der Waals surface area contributed by atoms with Crippen molar-refractivity contribution >= 4 is 16.9 Å². The van der Waals surface area contributed by atoms with E-state index in [2.05, 4.69) is 15.3 Å². The van der Waals surface area contributed by atoms with Crippen LogP contribution in [0, 0.1) is 0 Å². The molecular formula is C9H12N4O. The van der Waals surface area contributed by atoms with Crippen LogP contribution in [0.15, 0.2) is 16.7 Å². The van der Waals surface area contributed by atoms with Crippen molar-refractivity contribution in [1.82, 2.24) is 9.97 Å². The summed E-state index contributed by atoms with van der Waals surface area (Å²) in [5, 5.41) is 3.02. The van der Waals surface area contributed by atoms with Crippen LogP contribution in [0.2, 0.25) is 0 Å². The fourth-order valence-electron chi connectivity index (χ4n) is 1.30. The van der Waals surface area contributed by atoms with E-state index in [-0.39, 0.29) is 0 Å². The molecule has 2 aromatic heterocycles. The van der Waals surface area contributed by atoms with Crippen molar-refractivity contribution in [2.75, 3.05) is 18.9 Å². The van der Waals surface area contributed by atoms with Crippen LogP contribution in [0.25, 0.3) is 11.2 Å². The van der Waals surface area contributed by atoms with E-state index in [1.54, 1.807) is 6.20 Å². The van der Waals surface area contributed by atoms with Gasteiger partial charge in [0.2, 0.25) is 5.65 Å². The maximum Gasteiger partial charge on any atom is 0.200 e. The molecule has 0 saturated carbocycles. The van der Waals surface area contributed by atoms with Gasteiger partial charge in [-0.3, -0.25) is 0 Å². The highest BCUT2D eigenvalue weighted by molar-refractivity contribution is 5.82. The fourth-order valence-corrected chi connectivity index (χ4v) is 1.30. The van der Waals surface area contributed by atoms with Gasteiger partial charge in [0.25, 0.3) is 0 Å². The molecule has 0 unspecified atom stereocenters. The number of hydrogen-bond donors (Lipinski definition) is 2. The summed E-state index contributed by atoms with van der Waals surface area (Å²) in [6.45, 7) is 0.529. The first kappa shape index (κ1) is 8.96. The Kier molecular flexibility index (Phi) is 2.32. The van der Waals surface area contributed by atoms with Crippen molar-refractivity contribution in [1.29, 1.82) is 0 Å². The Morgan fingerprint density at radius 2 is 2.43 bits per heavy atom. The molecule has 2 rings (SSSR count). The van der Waals surface area contributed by atoms with Gasteiger partial charge in [0.15, 0.2) is 11.5 Å². The summed E-state index contributed by atoms with van der Waals surface area (Å²) in [6.07, 6.45) is 2.34. The summed E-state index contributed by atoms with van der Waals surface area (Å²) in [6, 6.07) is 1.85. The molecule has 0 aliphatic carbocycles. The highest BCUT2D eigenvalue weighted by Crippen LogP contribution is 2.21. The van der Waals surface area contributed by atoms with Crippen LogP contribution >= 0.6 is 0 Å². The molecule has 5 nitrogen and oxygen atoms in total. The average molecular weight is 192 g/mol. The normalized spacial score (nSPS) is 10.7. The summed E-state index contributed by atoms with van der Waals surface area (Å²) in [5.41, 5.74) is 7.63. The molecule has 0 aromatic carbocycles. The molecular weight excluding hydrogens is 180 g/mol. The molecule has 0 spiro atoms. The van der Waals surface area contributed by atoms with Crippen LogP contribution in [0.4, 0.5) is 5.69 Å². The standard InChI is InChI=1S/C9H12N4O/c1-11-6-3-5-12-9-8(6)14-7(13-9)2-4-10/h3,5H,2,4,10H2,1H3,(H,11,12). The highest BCUT2D eigenvalue weighted by Gasteiger charge is 2.08. The van der Waals surface area contributed by atoms with Crippen molar-refractivity contribution in [3.63, 3.8) is 0 Å². The van der Waals surface area contributed by atoms with Gasteiger partial charge in [-0.15, -0.1) is 0 Å². The van der Waals surface area contributed by atoms with E-state index in [4.69, 9.17) is 10.2 Å². The molecule has 0 atom stereocenters. The second-order valence-corrected chi connectivity index (χ2v) is 2.91. The smallest absolute Gasteiger partial charge is 0.200 e. The van der Waals surface area contributed by atoms with Crippen molar-refractivity contribution in [3.8, 4) is 0 Å². The van der Waals surface area contributed by atoms with Gasteiger partial charge in [-0.2, -0.15) is 4.98 Å². The molecule has 74 valence electrons. The first-order chi connectivity index (χ1) is 6.85. The Morgan fingerprint density at radius 1 is 1.57 bits per heavy atom. The Bertz CT molecular complexity index is 437. The van der Waals surface area contributed by atoms with Crippen LogP contribution < -0.4 is 11.1 Å². The summed E-state index contributed by atoms with van der Waals surface area (Å²) < 4.78 is 5.51. The van der Waals surface area contributed by atoms with Gasteiger partial charge in [-0.05, 0) is 6.07 Å². The van der Waals surface area contributed by atoms with Gasteiger partial charge in [0, 0.05) is 26.2 Å². The number of hydrogen-bond acceptors (Lipinski definition) is 5. The molecule has 2 heterocycles. The van der Waals surface area contributed by atoms with Crippen LogP contribution in [-0.4, -0.2) is 23.6 Å². The van der Waals surface area contributed by atoms with Crippen LogP contribution in [-0.2, 0) is 6.42 Å². The summed E-state index contributed by atoms with van der Waals surface area (Å²) in [5.74, 6) is 0.637. The van der Waals surface area contributed by atoms with Crippen molar-refractivity contribution in [2.24, 2.45) is 5.73 Å². The lowest BCUT2D eigenvalue weighted by Gasteiger charge is -1.96. The first-order valence-corrected chi connectivity index (χ1v) is 4.47. The quantitative estimate of drug-likeness (QED) is 0.751. The third-order valence-electron chi connectivity index (χ3n) is 1.96. The molecule has 5 heteroatoms. The van der Waals surface area contributed by atoms with Gasteiger partial charge in [0.1, 0.15) is 0 Å². The minimum absolute atomic E-state index is 0.529. The van der Waals surface area contributed by atoms with Gasteiger partial charge in [-0.1, -0.05) is 0 Å². The van der Waals surface area contributed by atoms with E-state index in [1.165, 1.54) is 0 Å². The number of nitrogens with one attached hydrogen (secondary N) is 1. The zero-order valence-corrected chi connectivity index (χ0v) is 7.95. The second kappa shape index (κ2) is 3.63. The molecule has 0 aliphatic heterocycles. The minimum Gasteiger partial charge on any atom is -0.437 e. The van der Waals surface area contributed by atoms with Gasteiger partial charge < -0.3 is 15.5 Å². The highest BCUT2D eigenvalue weighted by atomic mass is 16.3. The Hall–Kier alpha value is -1.62. The number of aromatic nitrogens is 2. The molecule has 0 radical (unpaired) electrons. The second-order valence-electron chi connectivity index (χ2n) is 2.91. The zero-order chi connectivity index (χ0) is 9.97. The van der Waals surface area contributed by atoms with Crippen molar-refractivity contribution < 1.29 is 4.42 Å². The molecule has 0 amide bonds. The maximum atomic E-state index is 5.51. The van der Waals surface area contributed by atoms with E-state index in [9.17, 15) is 0 Å². The number of anilines is 1. The third kappa shape index (κ3) is 1.42. The number of nitrogens with zero attached hydrogens (tertiary/aromatic N) is 2. The van der Waals surface area contributed by atoms with Crippen LogP contribution in [0.1, 0.15) is 5.89 Å². The molecule has 2 aromatic rings. The monoisotopic (exact) mass is 192 g/mol. The predicted molar refractivity (Wildman–Crippen MR) is 54.1 cm³/mol. The van der Waals surface area contributed by atoms with E-state index < -0.39 is 0 Å². The predicted octanol–water partition coefficient (Wildman–Crippen LogP) is 0.766. The van der Waals surface area contributed by atoms with E-state index in [0.717, 1.165) is 5.69 Å². The van der Waals surface area contributed by atoms with Crippen molar-refractivity contribution in [3.05, 3.63) is 18.2 Å². The largest absolute Gasteiger partial charge is 0.437 e. The Balaban J connectivity index is 2.52. The fraction of sp³-hybridized carbons (Fsp3) is 0.333. The number of nitrogens with two attached hydrogens (primary N) is 1.